The van der Waals surface area contributed by atoms with Crippen LogP contribution in [0.5, 0.6) is 0 Å². The first-order chi connectivity index (χ1) is 16.5. The molecule has 0 bridgehead atoms. The van der Waals surface area contributed by atoms with E-state index >= 15 is 0 Å². The number of benzene rings is 2. The molecule has 1 unspecified atom stereocenters. The second-order valence-corrected chi connectivity index (χ2v) is 8.59. The van der Waals surface area contributed by atoms with Crippen molar-refractivity contribution in [1.29, 1.82) is 0 Å². The van der Waals surface area contributed by atoms with E-state index in [0.717, 1.165) is 28.3 Å². The van der Waals surface area contributed by atoms with E-state index in [0.29, 0.717) is 30.5 Å². The lowest BCUT2D eigenvalue weighted by molar-refractivity contribution is -0.138. The van der Waals surface area contributed by atoms with Crippen molar-refractivity contribution in [3.8, 4) is 0 Å². The van der Waals surface area contributed by atoms with Gasteiger partial charge in [-0.2, -0.15) is 0 Å². The van der Waals surface area contributed by atoms with Gasteiger partial charge in [0.25, 0.3) is 0 Å². The predicted molar refractivity (Wildman–Crippen MR) is 132 cm³/mol. The molecule has 2 N–H and O–H groups in total. The van der Waals surface area contributed by atoms with Gasteiger partial charge in [0.05, 0.1) is 24.2 Å². The van der Waals surface area contributed by atoms with Crippen LogP contribution >= 0.6 is 11.6 Å². The zero-order valence-corrected chi connectivity index (χ0v) is 19.6. The molecule has 1 fully saturated rings. The van der Waals surface area contributed by atoms with E-state index in [2.05, 4.69) is 14.9 Å². The molecule has 9 heteroatoms. The number of piperazine rings is 1. The molecule has 8 nitrogen and oxygen atoms in total. The van der Waals surface area contributed by atoms with Crippen LogP contribution in [-0.2, 0) is 20.9 Å². The predicted octanol–water partition coefficient (Wildman–Crippen LogP) is 2.81. The highest BCUT2D eigenvalue weighted by molar-refractivity contribution is 6.30. The van der Waals surface area contributed by atoms with E-state index in [4.69, 9.17) is 22.1 Å². The minimum absolute atomic E-state index is 0.175. The van der Waals surface area contributed by atoms with E-state index < -0.39 is 12.1 Å². The van der Waals surface area contributed by atoms with E-state index in [1.54, 1.807) is 30.2 Å². The van der Waals surface area contributed by atoms with Gasteiger partial charge in [0.1, 0.15) is 18.4 Å². The molecule has 1 aliphatic rings. The molecule has 0 radical (unpaired) electrons. The maximum Gasteiger partial charge on any atom is 0.247 e. The summed E-state index contributed by atoms with van der Waals surface area (Å²) in [5, 5.41) is 1.39. The van der Waals surface area contributed by atoms with Crippen molar-refractivity contribution in [3.63, 3.8) is 0 Å². The number of hydrogen-bond acceptors (Lipinski definition) is 7. The van der Waals surface area contributed by atoms with E-state index in [9.17, 15) is 9.59 Å². The lowest BCUT2D eigenvalue weighted by Crippen LogP contribution is -2.62. The normalized spacial score (nSPS) is 19.1. The molecule has 2 atom stereocenters. The number of ether oxygens (including phenoxy) is 1. The van der Waals surface area contributed by atoms with E-state index in [1.165, 1.54) is 12.4 Å². The number of aldehydes is 1. The van der Waals surface area contributed by atoms with Crippen LogP contribution < -0.4 is 5.73 Å². The topological polar surface area (TPSA) is 102 Å². The van der Waals surface area contributed by atoms with E-state index in [1.807, 2.05) is 30.3 Å². The standard InChI is InChI=1S/C25H26ClN5O3/c1-34-15-23-22(14-32)30(13-18-5-7-20-21(12-18)28-16-29-25(20)27)9-10-31(23)24(33)8-6-17-3-2-4-19(26)11-17/h2-8,11-12,14,16,22-23H,9-10,13,15H2,1H3,(H2,27,28,29)/t22?,23-/m1/s1. The lowest BCUT2D eigenvalue weighted by Gasteiger charge is -2.45. The summed E-state index contributed by atoms with van der Waals surface area (Å²) < 4.78 is 5.39. The van der Waals surface area contributed by atoms with Crippen molar-refractivity contribution in [1.82, 2.24) is 19.8 Å². The summed E-state index contributed by atoms with van der Waals surface area (Å²) in [5.74, 6) is 0.256. The summed E-state index contributed by atoms with van der Waals surface area (Å²) in [6.07, 6.45) is 5.57. The Hall–Kier alpha value is -3.33. The van der Waals surface area contributed by atoms with Gasteiger partial charge in [-0.3, -0.25) is 9.69 Å². The van der Waals surface area contributed by atoms with Gasteiger partial charge in [0.15, 0.2) is 0 Å². The Balaban J connectivity index is 1.52. The maximum atomic E-state index is 13.0. The van der Waals surface area contributed by atoms with Crippen molar-refractivity contribution in [2.45, 2.75) is 18.6 Å². The van der Waals surface area contributed by atoms with Crippen LogP contribution in [0.4, 0.5) is 5.82 Å². The summed E-state index contributed by atoms with van der Waals surface area (Å²) in [5.41, 5.74) is 8.50. The van der Waals surface area contributed by atoms with E-state index in [-0.39, 0.29) is 12.5 Å². The number of methoxy groups -OCH3 is 1. The lowest BCUT2D eigenvalue weighted by atomic mass is 10.0. The molecule has 3 aromatic rings. The highest BCUT2D eigenvalue weighted by Crippen LogP contribution is 2.23. The van der Waals surface area contributed by atoms with Gasteiger partial charge in [-0.05, 0) is 41.5 Å². The molecule has 2 heterocycles. The molecule has 0 aliphatic carbocycles. The third-order valence-electron chi connectivity index (χ3n) is 5.99. The number of nitrogens with zero attached hydrogens (tertiary/aromatic N) is 4. The quantitative estimate of drug-likeness (QED) is 0.410. The smallest absolute Gasteiger partial charge is 0.247 e. The molecule has 1 saturated heterocycles. The van der Waals surface area contributed by atoms with Crippen LogP contribution in [-0.4, -0.2) is 70.9 Å². The molecule has 176 valence electrons. The van der Waals surface area contributed by atoms with Crippen LogP contribution in [0.25, 0.3) is 17.0 Å². The molecule has 1 aromatic heterocycles. The molecule has 1 aliphatic heterocycles. The average molecular weight is 480 g/mol. The number of fused-ring (bicyclic) bond motifs is 1. The summed E-state index contributed by atoms with van der Waals surface area (Å²) in [6, 6.07) is 12.1. The van der Waals surface area contributed by atoms with Gasteiger partial charge in [0.2, 0.25) is 5.91 Å². The van der Waals surface area contributed by atoms with Gasteiger partial charge >= 0.3 is 0 Å². The Kier molecular flexibility index (Phi) is 7.52. The number of amides is 1. The molecule has 1 amide bonds. The highest BCUT2D eigenvalue weighted by Gasteiger charge is 2.38. The fourth-order valence-corrected chi connectivity index (χ4v) is 4.50. The largest absolute Gasteiger partial charge is 0.383 e. The number of rotatable bonds is 7. The Bertz CT molecular complexity index is 1220. The van der Waals surface area contributed by atoms with Crippen molar-refractivity contribution in [3.05, 3.63) is 71.0 Å². The van der Waals surface area contributed by atoms with Crippen molar-refractivity contribution >= 4 is 46.6 Å². The van der Waals surface area contributed by atoms with Crippen LogP contribution in [0.1, 0.15) is 11.1 Å². The molecule has 0 saturated carbocycles. The SMILES string of the molecule is COC[C@@H]1C(C=O)N(Cc2ccc3c(N)ncnc3c2)CCN1C(=O)C=Cc1cccc(Cl)c1. The molecule has 34 heavy (non-hydrogen) atoms. The van der Waals surface area contributed by atoms with Crippen molar-refractivity contribution in [2.24, 2.45) is 0 Å². The number of anilines is 1. The van der Waals surface area contributed by atoms with Crippen LogP contribution in [0.3, 0.4) is 0 Å². The van der Waals surface area contributed by atoms with Gasteiger partial charge in [-0.25, -0.2) is 9.97 Å². The van der Waals surface area contributed by atoms with Crippen LogP contribution in [0.2, 0.25) is 5.02 Å². The summed E-state index contributed by atoms with van der Waals surface area (Å²) in [4.78, 5) is 37.3. The first kappa shape index (κ1) is 23.8. The molecular formula is C25H26ClN5O3. The zero-order valence-electron chi connectivity index (χ0n) is 18.8. The fourth-order valence-electron chi connectivity index (χ4n) is 4.30. The number of nitrogens with two attached hydrogens (primary N) is 1. The number of aromatic nitrogens is 2. The van der Waals surface area contributed by atoms with Crippen LogP contribution in [0, 0.1) is 0 Å². The molecular weight excluding hydrogens is 454 g/mol. The average Bonchev–Trinajstić information content (AvgIpc) is 2.83. The first-order valence-corrected chi connectivity index (χ1v) is 11.3. The Labute approximate surface area is 203 Å². The minimum atomic E-state index is -0.511. The highest BCUT2D eigenvalue weighted by atomic mass is 35.5. The second kappa shape index (κ2) is 10.7. The summed E-state index contributed by atoms with van der Waals surface area (Å²) in [7, 11) is 1.57. The summed E-state index contributed by atoms with van der Waals surface area (Å²) in [6.45, 7) is 1.80. The van der Waals surface area contributed by atoms with Crippen molar-refractivity contribution in [2.75, 3.05) is 32.5 Å². The third kappa shape index (κ3) is 5.25. The van der Waals surface area contributed by atoms with Gasteiger partial charge < -0.3 is 20.2 Å². The third-order valence-corrected chi connectivity index (χ3v) is 6.22. The Morgan fingerprint density at radius 2 is 2.09 bits per heavy atom. The Morgan fingerprint density at radius 3 is 2.85 bits per heavy atom. The molecule has 4 rings (SSSR count). The monoisotopic (exact) mass is 479 g/mol. The van der Waals surface area contributed by atoms with Gasteiger partial charge in [-0.15, -0.1) is 0 Å². The van der Waals surface area contributed by atoms with Gasteiger partial charge in [0, 0.05) is 43.2 Å². The van der Waals surface area contributed by atoms with Crippen molar-refractivity contribution < 1.29 is 14.3 Å². The minimum Gasteiger partial charge on any atom is -0.383 e. The summed E-state index contributed by atoms with van der Waals surface area (Å²) >= 11 is 6.03. The molecule has 2 aromatic carbocycles. The number of hydrogen-bond donors (Lipinski definition) is 1. The number of halogens is 1. The Morgan fingerprint density at radius 1 is 1.24 bits per heavy atom. The van der Waals surface area contributed by atoms with Crippen LogP contribution in [0.15, 0.2) is 54.9 Å². The second-order valence-electron chi connectivity index (χ2n) is 8.15. The zero-order chi connectivity index (χ0) is 24.1. The first-order valence-electron chi connectivity index (χ1n) is 10.9. The maximum absolute atomic E-state index is 13.0. The number of nitrogen functional groups attached to an aromatic ring is 1. The number of carbonyl (C=O) groups excluding carboxylic acids is 2. The number of carbonyl (C=O) groups is 2. The molecule has 0 spiro atoms. The van der Waals surface area contributed by atoms with Gasteiger partial charge in [-0.1, -0.05) is 29.8 Å². The fraction of sp³-hybridized carbons (Fsp3) is 0.280.